The number of aliphatic carboxylic acids is 1. The predicted molar refractivity (Wildman–Crippen MR) is 58.9 cm³/mol. The van der Waals surface area contributed by atoms with E-state index >= 15 is 0 Å². The van der Waals surface area contributed by atoms with E-state index < -0.39 is 11.4 Å². The molecule has 0 aromatic heterocycles. The summed E-state index contributed by atoms with van der Waals surface area (Å²) >= 11 is 0. The minimum Gasteiger partial charge on any atom is -0.480 e. The Morgan fingerprint density at radius 3 is 2.44 bits per heavy atom. The van der Waals surface area contributed by atoms with Crippen molar-refractivity contribution in [3.63, 3.8) is 0 Å². The molecular formula is C12H19NO3. The minimum atomic E-state index is -1.09. The lowest BCUT2D eigenvalue weighted by Crippen LogP contribution is -2.42. The highest BCUT2D eigenvalue weighted by Gasteiger charge is 2.57. The summed E-state index contributed by atoms with van der Waals surface area (Å²) in [6.07, 6.45) is 5.41. The third kappa shape index (κ3) is 2.20. The van der Waals surface area contributed by atoms with Crippen LogP contribution >= 0.6 is 0 Å². The monoisotopic (exact) mass is 225 g/mol. The predicted octanol–water partition coefficient (Wildman–Crippen LogP) is 1.55. The van der Waals surface area contributed by atoms with Crippen LogP contribution in [0.5, 0.6) is 0 Å². The van der Waals surface area contributed by atoms with Crippen LogP contribution in [-0.4, -0.2) is 23.0 Å². The SMILES string of the molecule is CCC(CC1CC1)NC(=O)C1(C(=O)O)CC1. The molecule has 0 spiro atoms. The summed E-state index contributed by atoms with van der Waals surface area (Å²) < 4.78 is 0. The first-order valence-electron chi connectivity index (χ1n) is 6.13. The van der Waals surface area contributed by atoms with Gasteiger partial charge in [0.25, 0.3) is 0 Å². The Hall–Kier alpha value is -1.06. The van der Waals surface area contributed by atoms with Gasteiger partial charge >= 0.3 is 5.97 Å². The molecule has 2 rings (SSSR count). The van der Waals surface area contributed by atoms with Crippen LogP contribution in [0.15, 0.2) is 0 Å². The molecule has 4 heteroatoms. The fourth-order valence-electron chi connectivity index (χ4n) is 2.07. The van der Waals surface area contributed by atoms with E-state index in [9.17, 15) is 9.59 Å². The first-order valence-corrected chi connectivity index (χ1v) is 6.13. The Morgan fingerprint density at radius 1 is 1.44 bits per heavy atom. The van der Waals surface area contributed by atoms with E-state index in [-0.39, 0.29) is 11.9 Å². The number of carboxylic acid groups (broad SMARTS) is 1. The summed E-state index contributed by atoms with van der Waals surface area (Å²) in [5.41, 5.74) is -1.09. The van der Waals surface area contributed by atoms with Gasteiger partial charge in [0, 0.05) is 6.04 Å². The largest absolute Gasteiger partial charge is 0.480 e. The topological polar surface area (TPSA) is 66.4 Å². The average molecular weight is 225 g/mol. The molecule has 4 nitrogen and oxygen atoms in total. The first-order chi connectivity index (χ1) is 7.58. The highest BCUT2D eigenvalue weighted by molar-refractivity contribution is 6.04. The third-order valence-electron chi connectivity index (χ3n) is 3.74. The molecular weight excluding hydrogens is 206 g/mol. The molecule has 1 atom stereocenters. The van der Waals surface area contributed by atoms with Gasteiger partial charge in [0.2, 0.25) is 5.91 Å². The Morgan fingerprint density at radius 2 is 2.06 bits per heavy atom. The molecule has 0 radical (unpaired) electrons. The maximum atomic E-state index is 11.8. The molecule has 0 aromatic rings. The maximum absolute atomic E-state index is 11.8. The number of hydrogen-bond donors (Lipinski definition) is 2. The first kappa shape index (κ1) is 11.4. The van der Waals surface area contributed by atoms with Crippen LogP contribution in [-0.2, 0) is 9.59 Å². The molecule has 90 valence electrons. The van der Waals surface area contributed by atoms with Crippen molar-refractivity contribution in [1.82, 2.24) is 5.32 Å². The molecule has 0 heterocycles. The van der Waals surface area contributed by atoms with Crippen LogP contribution in [0.25, 0.3) is 0 Å². The summed E-state index contributed by atoms with van der Waals surface area (Å²) in [7, 11) is 0. The summed E-state index contributed by atoms with van der Waals surface area (Å²) in [5, 5.41) is 11.9. The lowest BCUT2D eigenvalue weighted by Gasteiger charge is -2.19. The van der Waals surface area contributed by atoms with E-state index in [1.54, 1.807) is 0 Å². The van der Waals surface area contributed by atoms with Crippen molar-refractivity contribution in [2.75, 3.05) is 0 Å². The molecule has 1 amide bonds. The van der Waals surface area contributed by atoms with Crippen molar-refractivity contribution in [2.24, 2.45) is 11.3 Å². The smallest absolute Gasteiger partial charge is 0.319 e. The van der Waals surface area contributed by atoms with E-state index in [2.05, 4.69) is 5.32 Å². The van der Waals surface area contributed by atoms with Crippen LogP contribution in [0.1, 0.15) is 45.4 Å². The second kappa shape index (κ2) is 4.07. The number of hydrogen-bond acceptors (Lipinski definition) is 2. The van der Waals surface area contributed by atoms with Gasteiger partial charge in [-0.1, -0.05) is 19.8 Å². The number of carbonyl (C=O) groups excluding carboxylic acids is 1. The van der Waals surface area contributed by atoms with E-state index in [1.807, 2.05) is 6.92 Å². The lowest BCUT2D eigenvalue weighted by molar-refractivity contribution is -0.149. The van der Waals surface area contributed by atoms with Gasteiger partial charge in [-0.25, -0.2) is 0 Å². The van der Waals surface area contributed by atoms with Crippen molar-refractivity contribution >= 4 is 11.9 Å². The molecule has 16 heavy (non-hydrogen) atoms. The second-order valence-electron chi connectivity index (χ2n) is 5.14. The number of rotatable bonds is 6. The van der Waals surface area contributed by atoms with Gasteiger partial charge in [-0.3, -0.25) is 9.59 Å². The zero-order chi connectivity index (χ0) is 11.8. The summed E-state index contributed by atoms with van der Waals surface area (Å²) in [6.45, 7) is 2.04. The second-order valence-corrected chi connectivity index (χ2v) is 5.14. The standard InChI is InChI=1S/C12H19NO3/c1-2-9(7-8-3-4-8)13-10(14)12(5-6-12)11(15)16/h8-9H,2-7H2,1H3,(H,13,14)(H,15,16). The van der Waals surface area contributed by atoms with E-state index in [4.69, 9.17) is 5.11 Å². The number of carboxylic acids is 1. The molecule has 2 aliphatic rings. The van der Waals surface area contributed by atoms with Gasteiger partial charge in [-0.15, -0.1) is 0 Å². The van der Waals surface area contributed by atoms with E-state index in [0.29, 0.717) is 12.8 Å². The zero-order valence-electron chi connectivity index (χ0n) is 9.66. The van der Waals surface area contributed by atoms with Gasteiger partial charge in [0.1, 0.15) is 5.41 Å². The highest BCUT2D eigenvalue weighted by atomic mass is 16.4. The third-order valence-corrected chi connectivity index (χ3v) is 3.74. The molecule has 0 bridgehead atoms. The van der Waals surface area contributed by atoms with Crippen LogP contribution in [0.2, 0.25) is 0 Å². The Kier molecular flexibility index (Phi) is 2.91. The molecule has 2 N–H and O–H groups in total. The van der Waals surface area contributed by atoms with Gasteiger partial charge in [0.05, 0.1) is 0 Å². The normalized spacial score (nSPS) is 23.6. The van der Waals surface area contributed by atoms with Crippen LogP contribution in [0.3, 0.4) is 0 Å². The number of amides is 1. The molecule has 0 aromatic carbocycles. The van der Waals surface area contributed by atoms with Crippen molar-refractivity contribution in [3.05, 3.63) is 0 Å². The fourth-order valence-corrected chi connectivity index (χ4v) is 2.07. The zero-order valence-corrected chi connectivity index (χ0v) is 9.66. The minimum absolute atomic E-state index is 0.164. The number of carbonyl (C=O) groups is 2. The Labute approximate surface area is 95.4 Å². The average Bonchev–Trinajstić information content (AvgIpc) is 3.10. The molecule has 1 unspecified atom stereocenters. The molecule has 2 aliphatic carbocycles. The summed E-state index contributed by atoms with van der Waals surface area (Å²) in [6, 6.07) is 0.164. The highest BCUT2D eigenvalue weighted by Crippen LogP contribution is 2.46. The quantitative estimate of drug-likeness (QED) is 0.674. The van der Waals surface area contributed by atoms with Crippen molar-refractivity contribution in [3.8, 4) is 0 Å². The number of nitrogens with one attached hydrogen (secondary N) is 1. The van der Waals surface area contributed by atoms with Gasteiger partial charge in [-0.2, -0.15) is 0 Å². The van der Waals surface area contributed by atoms with E-state index in [0.717, 1.165) is 18.8 Å². The van der Waals surface area contributed by atoms with E-state index in [1.165, 1.54) is 12.8 Å². The van der Waals surface area contributed by atoms with Crippen LogP contribution in [0, 0.1) is 11.3 Å². The fraction of sp³-hybridized carbons (Fsp3) is 0.833. The van der Waals surface area contributed by atoms with Crippen molar-refractivity contribution in [1.29, 1.82) is 0 Å². The molecule has 0 saturated heterocycles. The van der Waals surface area contributed by atoms with Crippen molar-refractivity contribution in [2.45, 2.75) is 51.5 Å². The van der Waals surface area contributed by atoms with Crippen LogP contribution in [0.4, 0.5) is 0 Å². The van der Waals surface area contributed by atoms with Gasteiger partial charge in [-0.05, 0) is 31.6 Å². The summed E-state index contributed by atoms with van der Waals surface area (Å²) in [4.78, 5) is 22.8. The molecule has 0 aliphatic heterocycles. The van der Waals surface area contributed by atoms with Gasteiger partial charge in [0.15, 0.2) is 0 Å². The van der Waals surface area contributed by atoms with Crippen molar-refractivity contribution < 1.29 is 14.7 Å². The summed E-state index contributed by atoms with van der Waals surface area (Å²) in [5.74, 6) is -0.482. The maximum Gasteiger partial charge on any atom is 0.319 e. The Balaban J connectivity index is 1.87. The Bertz CT molecular complexity index is 305. The molecule has 2 fully saturated rings. The lowest BCUT2D eigenvalue weighted by atomic mass is 10.0. The van der Waals surface area contributed by atoms with Gasteiger partial charge < -0.3 is 10.4 Å². The molecule has 2 saturated carbocycles. The van der Waals surface area contributed by atoms with Crippen LogP contribution < -0.4 is 5.32 Å².